The molecule has 0 saturated carbocycles. The van der Waals surface area contributed by atoms with Gasteiger partial charge >= 0.3 is 0 Å². The Morgan fingerprint density at radius 3 is 2.62 bits per heavy atom. The minimum atomic E-state index is -0.156. The molecule has 0 radical (unpaired) electrons. The molecular formula is C10H17NO2. The molecule has 1 heterocycles. The van der Waals surface area contributed by atoms with Gasteiger partial charge in [0.1, 0.15) is 11.5 Å². The molecule has 1 rings (SSSR count). The van der Waals surface area contributed by atoms with Crippen LogP contribution in [0, 0.1) is 6.92 Å². The van der Waals surface area contributed by atoms with Gasteiger partial charge in [-0.1, -0.05) is 0 Å². The molecular weight excluding hydrogens is 166 g/mol. The third-order valence-corrected chi connectivity index (χ3v) is 1.74. The molecule has 0 aliphatic rings. The molecule has 0 aliphatic carbocycles. The maximum Gasteiger partial charge on any atom is 0.123 e. The van der Waals surface area contributed by atoms with Crippen LogP contribution in [-0.2, 0) is 4.74 Å². The molecule has 1 aromatic heterocycles. The fourth-order valence-electron chi connectivity index (χ4n) is 1.03. The summed E-state index contributed by atoms with van der Waals surface area (Å²) in [4.78, 5) is 0. The predicted molar refractivity (Wildman–Crippen MR) is 51.5 cm³/mol. The highest BCUT2D eigenvalue weighted by Gasteiger charge is 2.10. The van der Waals surface area contributed by atoms with Crippen molar-refractivity contribution in [1.82, 2.24) is 0 Å². The maximum absolute atomic E-state index is 5.84. The predicted octanol–water partition coefficient (Wildman–Crippen LogP) is 2.01. The Morgan fingerprint density at radius 2 is 2.15 bits per heavy atom. The third-order valence-electron chi connectivity index (χ3n) is 1.74. The van der Waals surface area contributed by atoms with Crippen molar-refractivity contribution in [3.8, 4) is 0 Å². The molecule has 0 aromatic carbocycles. The molecule has 1 unspecified atom stereocenters. The van der Waals surface area contributed by atoms with Gasteiger partial charge in [-0.25, -0.2) is 0 Å². The molecule has 0 bridgehead atoms. The van der Waals surface area contributed by atoms with E-state index in [0.717, 1.165) is 11.5 Å². The Balaban J connectivity index is 2.44. The number of nitrogens with two attached hydrogens (primary N) is 1. The lowest BCUT2D eigenvalue weighted by Gasteiger charge is -2.11. The molecule has 0 aliphatic heterocycles. The second-order valence-corrected chi connectivity index (χ2v) is 3.44. The van der Waals surface area contributed by atoms with E-state index in [2.05, 4.69) is 0 Å². The molecule has 0 fully saturated rings. The van der Waals surface area contributed by atoms with Gasteiger partial charge in [0.15, 0.2) is 0 Å². The van der Waals surface area contributed by atoms with Crippen molar-refractivity contribution in [3.63, 3.8) is 0 Å². The number of aryl methyl sites for hydroxylation is 1. The second-order valence-electron chi connectivity index (χ2n) is 3.44. The lowest BCUT2D eigenvalue weighted by Crippen LogP contribution is -2.18. The van der Waals surface area contributed by atoms with Crippen molar-refractivity contribution in [2.45, 2.75) is 32.9 Å². The van der Waals surface area contributed by atoms with Crippen molar-refractivity contribution in [2.24, 2.45) is 5.73 Å². The van der Waals surface area contributed by atoms with Crippen molar-refractivity contribution in [2.75, 3.05) is 6.61 Å². The molecule has 0 saturated heterocycles. The first-order valence-corrected chi connectivity index (χ1v) is 4.53. The quantitative estimate of drug-likeness (QED) is 0.776. The molecule has 0 spiro atoms. The minimum absolute atomic E-state index is 0.156. The van der Waals surface area contributed by atoms with Crippen molar-refractivity contribution < 1.29 is 9.15 Å². The van der Waals surface area contributed by atoms with E-state index in [1.165, 1.54) is 0 Å². The minimum Gasteiger partial charge on any atom is -0.465 e. The average Bonchev–Trinajstić information content (AvgIpc) is 2.47. The lowest BCUT2D eigenvalue weighted by atomic mass is 10.2. The Hall–Kier alpha value is -0.800. The number of hydrogen-bond acceptors (Lipinski definition) is 3. The highest BCUT2D eigenvalue weighted by Crippen LogP contribution is 2.14. The zero-order valence-corrected chi connectivity index (χ0v) is 8.41. The number of furan rings is 1. The van der Waals surface area contributed by atoms with E-state index >= 15 is 0 Å². The Bertz CT molecular complexity index is 255. The Kier molecular flexibility index (Phi) is 3.51. The first kappa shape index (κ1) is 10.3. The van der Waals surface area contributed by atoms with E-state index in [0.29, 0.717) is 6.61 Å². The Labute approximate surface area is 78.9 Å². The highest BCUT2D eigenvalue weighted by molar-refractivity contribution is 5.09. The van der Waals surface area contributed by atoms with E-state index in [9.17, 15) is 0 Å². The fourth-order valence-corrected chi connectivity index (χ4v) is 1.03. The second kappa shape index (κ2) is 4.44. The topological polar surface area (TPSA) is 48.4 Å². The van der Waals surface area contributed by atoms with Crippen molar-refractivity contribution >= 4 is 0 Å². The average molecular weight is 183 g/mol. The molecule has 3 nitrogen and oxygen atoms in total. The van der Waals surface area contributed by atoms with Gasteiger partial charge in [0.25, 0.3) is 0 Å². The molecule has 13 heavy (non-hydrogen) atoms. The highest BCUT2D eigenvalue weighted by atomic mass is 16.5. The van der Waals surface area contributed by atoms with Gasteiger partial charge in [-0.2, -0.15) is 0 Å². The molecule has 3 heteroatoms. The lowest BCUT2D eigenvalue weighted by molar-refractivity contribution is 0.0645. The van der Waals surface area contributed by atoms with Crippen LogP contribution in [0.3, 0.4) is 0 Å². The van der Waals surface area contributed by atoms with Crippen molar-refractivity contribution in [3.05, 3.63) is 23.7 Å². The van der Waals surface area contributed by atoms with Crippen LogP contribution in [0.15, 0.2) is 16.5 Å². The summed E-state index contributed by atoms with van der Waals surface area (Å²) in [5, 5.41) is 0. The summed E-state index contributed by atoms with van der Waals surface area (Å²) in [5.74, 6) is 1.67. The van der Waals surface area contributed by atoms with E-state index in [4.69, 9.17) is 14.9 Å². The zero-order chi connectivity index (χ0) is 9.84. The largest absolute Gasteiger partial charge is 0.465 e. The summed E-state index contributed by atoms with van der Waals surface area (Å²) in [6.45, 7) is 6.38. The van der Waals surface area contributed by atoms with Crippen LogP contribution in [0.2, 0.25) is 0 Å². The standard InChI is InChI=1S/C10H17NO2/c1-7(2)12-6-9(11)10-5-4-8(3)13-10/h4-5,7,9H,6,11H2,1-3H3. The van der Waals surface area contributed by atoms with E-state index < -0.39 is 0 Å². The van der Waals surface area contributed by atoms with Crippen LogP contribution < -0.4 is 5.73 Å². The molecule has 1 atom stereocenters. The van der Waals surface area contributed by atoms with Crippen molar-refractivity contribution in [1.29, 1.82) is 0 Å². The molecule has 0 amide bonds. The molecule has 2 N–H and O–H groups in total. The van der Waals surface area contributed by atoms with Crippen LogP contribution in [0.4, 0.5) is 0 Å². The molecule has 74 valence electrons. The SMILES string of the molecule is Cc1ccc(C(N)COC(C)C)o1. The maximum atomic E-state index is 5.84. The van der Waals surface area contributed by atoms with Gasteiger partial charge in [-0.3, -0.25) is 0 Å². The summed E-state index contributed by atoms with van der Waals surface area (Å²) < 4.78 is 10.8. The number of ether oxygens (including phenoxy) is 1. The van der Waals surface area contributed by atoms with Crippen LogP contribution in [-0.4, -0.2) is 12.7 Å². The normalized spacial score (nSPS) is 13.6. The number of rotatable bonds is 4. The van der Waals surface area contributed by atoms with Gasteiger partial charge in [0, 0.05) is 0 Å². The van der Waals surface area contributed by atoms with Gasteiger partial charge in [0.05, 0.1) is 18.8 Å². The zero-order valence-electron chi connectivity index (χ0n) is 8.41. The van der Waals surface area contributed by atoms with Gasteiger partial charge < -0.3 is 14.9 Å². The summed E-state index contributed by atoms with van der Waals surface area (Å²) in [7, 11) is 0. The summed E-state index contributed by atoms with van der Waals surface area (Å²) >= 11 is 0. The Morgan fingerprint density at radius 1 is 1.46 bits per heavy atom. The van der Waals surface area contributed by atoms with Gasteiger partial charge in [-0.05, 0) is 32.9 Å². The van der Waals surface area contributed by atoms with E-state index in [1.807, 2.05) is 32.9 Å². The van der Waals surface area contributed by atoms with E-state index in [-0.39, 0.29) is 12.1 Å². The third kappa shape index (κ3) is 3.20. The fraction of sp³-hybridized carbons (Fsp3) is 0.600. The van der Waals surface area contributed by atoms with Gasteiger partial charge in [-0.15, -0.1) is 0 Å². The molecule has 1 aromatic rings. The summed E-state index contributed by atoms with van der Waals surface area (Å²) in [6.07, 6.45) is 0.210. The number of hydrogen-bond donors (Lipinski definition) is 1. The van der Waals surface area contributed by atoms with E-state index in [1.54, 1.807) is 0 Å². The van der Waals surface area contributed by atoms with Crippen LogP contribution in [0.1, 0.15) is 31.4 Å². The van der Waals surface area contributed by atoms with Crippen LogP contribution in [0.5, 0.6) is 0 Å². The first-order valence-electron chi connectivity index (χ1n) is 4.53. The summed E-state index contributed by atoms with van der Waals surface area (Å²) in [6, 6.07) is 3.64. The smallest absolute Gasteiger partial charge is 0.123 e. The first-order chi connectivity index (χ1) is 6.09. The van der Waals surface area contributed by atoms with Crippen LogP contribution >= 0.6 is 0 Å². The van der Waals surface area contributed by atoms with Gasteiger partial charge in [0.2, 0.25) is 0 Å². The summed E-state index contributed by atoms with van der Waals surface area (Å²) in [5.41, 5.74) is 5.84. The monoisotopic (exact) mass is 183 g/mol. The van der Waals surface area contributed by atoms with Crippen LogP contribution in [0.25, 0.3) is 0 Å².